The maximum absolute atomic E-state index is 9.92. The van der Waals surface area contributed by atoms with Crippen molar-refractivity contribution in [1.29, 1.82) is 0 Å². The van der Waals surface area contributed by atoms with Crippen LogP contribution in [0.25, 0.3) is 0 Å². The number of benzene rings is 1. The van der Waals surface area contributed by atoms with E-state index in [0.29, 0.717) is 31.1 Å². The van der Waals surface area contributed by atoms with Gasteiger partial charge in [0.2, 0.25) is 0 Å². The van der Waals surface area contributed by atoms with Crippen LogP contribution in [0.3, 0.4) is 0 Å². The fourth-order valence-corrected chi connectivity index (χ4v) is 1.85. The fraction of sp³-hybridized carbons (Fsp3) is 0.625. The third-order valence-corrected chi connectivity index (χ3v) is 3.34. The topological polar surface area (TPSA) is 73.9 Å². The van der Waals surface area contributed by atoms with E-state index in [1.807, 2.05) is 18.2 Å². The molecule has 1 atom stereocenters. The number of hydrogen-bond acceptors (Lipinski definition) is 5. The second kappa shape index (κ2) is 8.22. The molecule has 0 bridgehead atoms. The average molecular weight is 297 g/mol. The first-order valence-corrected chi connectivity index (χ1v) is 7.15. The molecule has 5 nitrogen and oxygen atoms in total. The molecule has 0 aliphatic heterocycles. The molecule has 5 heteroatoms. The Morgan fingerprint density at radius 2 is 1.90 bits per heavy atom. The van der Waals surface area contributed by atoms with E-state index in [-0.39, 0.29) is 6.04 Å². The van der Waals surface area contributed by atoms with E-state index >= 15 is 0 Å². The molecule has 0 spiro atoms. The molecule has 0 saturated carbocycles. The van der Waals surface area contributed by atoms with E-state index in [2.05, 4.69) is 0 Å². The highest BCUT2D eigenvalue weighted by atomic mass is 16.5. The van der Waals surface area contributed by atoms with E-state index in [0.717, 1.165) is 12.0 Å². The average Bonchev–Trinajstić information content (AvgIpc) is 2.43. The lowest BCUT2D eigenvalue weighted by atomic mass is 9.93. The number of aliphatic hydroxyl groups is 1. The lowest BCUT2D eigenvalue weighted by molar-refractivity contribution is 0.0521. The molecule has 0 aliphatic carbocycles. The zero-order chi connectivity index (χ0) is 15.9. The second-order valence-corrected chi connectivity index (χ2v) is 5.64. The second-order valence-electron chi connectivity index (χ2n) is 5.64. The summed E-state index contributed by atoms with van der Waals surface area (Å²) in [4.78, 5) is 0. The molecule has 1 aromatic carbocycles. The Labute approximate surface area is 127 Å². The summed E-state index contributed by atoms with van der Waals surface area (Å²) in [6.07, 6.45) is 1.38. The van der Waals surface area contributed by atoms with Crippen LogP contribution in [0.5, 0.6) is 11.5 Å². The fourth-order valence-electron chi connectivity index (χ4n) is 1.85. The largest absolute Gasteiger partial charge is 0.493 e. The monoisotopic (exact) mass is 297 g/mol. The molecular formula is C16H27NO4. The summed E-state index contributed by atoms with van der Waals surface area (Å²) in [5, 5.41) is 9.92. The number of ether oxygens (including phenoxy) is 3. The van der Waals surface area contributed by atoms with Crippen molar-refractivity contribution in [3.8, 4) is 11.5 Å². The van der Waals surface area contributed by atoms with E-state index < -0.39 is 5.60 Å². The summed E-state index contributed by atoms with van der Waals surface area (Å²) in [5.74, 6) is 1.38. The molecule has 1 rings (SSSR count). The van der Waals surface area contributed by atoms with Crippen molar-refractivity contribution in [2.45, 2.75) is 38.3 Å². The van der Waals surface area contributed by atoms with Crippen LogP contribution < -0.4 is 15.2 Å². The number of hydrogen-bond donors (Lipinski definition) is 2. The molecule has 120 valence electrons. The van der Waals surface area contributed by atoms with Crippen LogP contribution in [0.2, 0.25) is 0 Å². The molecule has 1 aromatic rings. The first-order valence-electron chi connectivity index (χ1n) is 7.15. The Balaban J connectivity index is 2.74. The highest BCUT2D eigenvalue weighted by Gasteiger charge is 2.23. The van der Waals surface area contributed by atoms with Crippen molar-refractivity contribution in [1.82, 2.24) is 0 Å². The van der Waals surface area contributed by atoms with Gasteiger partial charge in [0.25, 0.3) is 0 Å². The van der Waals surface area contributed by atoms with Crippen LogP contribution in [0, 0.1) is 0 Å². The summed E-state index contributed by atoms with van der Waals surface area (Å²) >= 11 is 0. The third kappa shape index (κ3) is 5.91. The zero-order valence-corrected chi connectivity index (χ0v) is 13.4. The predicted octanol–water partition coefficient (Wildman–Crippen LogP) is 1.75. The Morgan fingerprint density at radius 1 is 1.19 bits per heavy atom. The molecule has 0 saturated heterocycles. The maximum Gasteiger partial charge on any atom is 0.161 e. The third-order valence-electron chi connectivity index (χ3n) is 3.34. The van der Waals surface area contributed by atoms with Crippen molar-refractivity contribution in [3.05, 3.63) is 23.8 Å². The van der Waals surface area contributed by atoms with Crippen LogP contribution in [0.15, 0.2) is 18.2 Å². The molecule has 0 aromatic heterocycles. The SMILES string of the molecule is COCCCOc1cc(C[C@@H](N)C(C)(C)O)ccc1OC. The minimum Gasteiger partial charge on any atom is -0.493 e. The van der Waals surface area contributed by atoms with Gasteiger partial charge in [-0.25, -0.2) is 0 Å². The normalized spacial score (nSPS) is 13.0. The molecular weight excluding hydrogens is 270 g/mol. The van der Waals surface area contributed by atoms with E-state index in [9.17, 15) is 5.11 Å². The van der Waals surface area contributed by atoms with Gasteiger partial charge < -0.3 is 25.1 Å². The minimum absolute atomic E-state index is 0.341. The van der Waals surface area contributed by atoms with Crippen molar-refractivity contribution in [2.75, 3.05) is 27.4 Å². The quantitative estimate of drug-likeness (QED) is 0.679. The molecule has 0 heterocycles. The maximum atomic E-state index is 9.92. The number of nitrogens with two attached hydrogens (primary N) is 1. The van der Waals surface area contributed by atoms with Gasteiger partial charge in [0, 0.05) is 26.2 Å². The van der Waals surface area contributed by atoms with Crippen molar-refractivity contribution < 1.29 is 19.3 Å². The lowest BCUT2D eigenvalue weighted by Crippen LogP contribution is -2.44. The van der Waals surface area contributed by atoms with Crippen LogP contribution in [0.1, 0.15) is 25.8 Å². The van der Waals surface area contributed by atoms with E-state index in [1.165, 1.54) is 0 Å². The Hall–Kier alpha value is -1.30. The van der Waals surface area contributed by atoms with Gasteiger partial charge in [-0.1, -0.05) is 6.07 Å². The van der Waals surface area contributed by atoms with Gasteiger partial charge in [0.05, 0.1) is 19.3 Å². The zero-order valence-electron chi connectivity index (χ0n) is 13.4. The first kappa shape index (κ1) is 17.8. The van der Waals surface area contributed by atoms with Gasteiger partial charge in [0.1, 0.15) is 0 Å². The van der Waals surface area contributed by atoms with Gasteiger partial charge >= 0.3 is 0 Å². The summed E-state index contributed by atoms with van der Waals surface area (Å²) in [7, 11) is 3.28. The predicted molar refractivity (Wildman–Crippen MR) is 83.0 cm³/mol. The lowest BCUT2D eigenvalue weighted by Gasteiger charge is -2.26. The standard InChI is InChI=1S/C16H27NO4/c1-16(2,18)15(17)11-12-6-7-13(20-4)14(10-12)21-9-5-8-19-3/h6-7,10,15,18H,5,8-9,11,17H2,1-4H3/t15-/m1/s1. The molecule has 0 unspecified atom stereocenters. The highest BCUT2D eigenvalue weighted by Crippen LogP contribution is 2.29. The van der Waals surface area contributed by atoms with Gasteiger partial charge in [-0.15, -0.1) is 0 Å². The molecule has 0 radical (unpaired) electrons. The molecule has 0 amide bonds. The van der Waals surface area contributed by atoms with Crippen LogP contribution in [-0.4, -0.2) is 44.2 Å². The van der Waals surface area contributed by atoms with E-state index in [1.54, 1.807) is 28.1 Å². The van der Waals surface area contributed by atoms with Gasteiger partial charge in [-0.2, -0.15) is 0 Å². The number of rotatable bonds is 9. The Kier molecular flexibility index (Phi) is 6.95. The number of methoxy groups -OCH3 is 2. The van der Waals surface area contributed by atoms with Gasteiger partial charge in [-0.05, 0) is 38.0 Å². The molecule has 3 N–H and O–H groups in total. The molecule has 21 heavy (non-hydrogen) atoms. The van der Waals surface area contributed by atoms with Crippen molar-refractivity contribution in [3.63, 3.8) is 0 Å². The van der Waals surface area contributed by atoms with Gasteiger partial charge in [0.15, 0.2) is 11.5 Å². The summed E-state index contributed by atoms with van der Waals surface area (Å²) in [5.41, 5.74) is 6.09. The summed E-state index contributed by atoms with van der Waals surface area (Å²) < 4.78 is 16.0. The van der Waals surface area contributed by atoms with Crippen LogP contribution >= 0.6 is 0 Å². The first-order chi connectivity index (χ1) is 9.88. The van der Waals surface area contributed by atoms with Gasteiger partial charge in [-0.3, -0.25) is 0 Å². The summed E-state index contributed by atoms with van der Waals surface area (Å²) in [6, 6.07) is 5.37. The molecule has 0 fully saturated rings. The van der Waals surface area contributed by atoms with Crippen molar-refractivity contribution >= 4 is 0 Å². The Bertz CT molecular complexity index is 429. The van der Waals surface area contributed by atoms with Crippen LogP contribution in [0.4, 0.5) is 0 Å². The van der Waals surface area contributed by atoms with Crippen LogP contribution in [-0.2, 0) is 11.2 Å². The highest BCUT2D eigenvalue weighted by molar-refractivity contribution is 5.43. The molecule has 0 aliphatic rings. The summed E-state index contributed by atoms with van der Waals surface area (Å²) in [6.45, 7) is 4.64. The van der Waals surface area contributed by atoms with E-state index in [4.69, 9.17) is 19.9 Å². The Morgan fingerprint density at radius 3 is 2.48 bits per heavy atom. The van der Waals surface area contributed by atoms with Crippen molar-refractivity contribution in [2.24, 2.45) is 5.73 Å². The minimum atomic E-state index is -0.917. The smallest absolute Gasteiger partial charge is 0.161 e.